The van der Waals surface area contributed by atoms with Crippen LogP contribution in [0.4, 0.5) is 5.82 Å². The van der Waals surface area contributed by atoms with Gasteiger partial charge in [-0.2, -0.15) is 0 Å². The lowest BCUT2D eigenvalue weighted by molar-refractivity contribution is 1.03. The molecule has 1 aromatic heterocycles. The van der Waals surface area contributed by atoms with Crippen LogP contribution in [0.3, 0.4) is 0 Å². The first-order valence-electron chi connectivity index (χ1n) is 5.27. The molecule has 1 heterocycles. The van der Waals surface area contributed by atoms with Crippen LogP contribution in [0.2, 0.25) is 0 Å². The van der Waals surface area contributed by atoms with Gasteiger partial charge in [0.1, 0.15) is 10.8 Å². The van der Waals surface area contributed by atoms with Crippen LogP contribution in [-0.2, 0) is 0 Å². The molecule has 0 radical (unpaired) electrons. The maximum atomic E-state index is 4.46. The molecule has 0 saturated carbocycles. The molecule has 3 nitrogen and oxygen atoms in total. The van der Waals surface area contributed by atoms with Crippen molar-refractivity contribution < 1.29 is 0 Å². The molecular weight excluding hydrogens is 298 g/mol. The van der Waals surface area contributed by atoms with E-state index in [-0.39, 0.29) is 0 Å². The monoisotopic (exact) mass is 309 g/mol. The van der Waals surface area contributed by atoms with E-state index in [0.29, 0.717) is 0 Å². The Morgan fingerprint density at radius 3 is 2.71 bits per heavy atom. The topological polar surface area (TPSA) is 37.8 Å². The molecule has 88 valence electrons. The fourth-order valence-electron chi connectivity index (χ4n) is 1.29. The van der Waals surface area contributed by atoms with E-state index >= 15 is 0 Å². The van der Waals surface area contributed by atoms with Crippen molar-refractivity contribution in [2.45, 2.75) is 16.8 Å². The van der Waals surface area contributed by atoms with Gasteiger partial charge in [0, 0.05) is 15.9 Å². The van der Waals surface area contributed by atoms with Crippen molar-refractivity contribution in [3.8, 4) is 0 Å². The fourth-order valence-corrected chi connectivity index (χ4v) is 2.32. The normalized spacial score (nSPS) is 10.2. The molecule has 2 aromatic rings. The Kier molecular flexibility index (Phi) is 4.39. The van der Waals surface area contributed by atoms with Gasteiger partial charge in [-0.05, 0) is 31.2 Å². The lowest BCUT2D eigenvalue weighted by Gasteiger charge is -2.04. The number of hydrogen-bond acceptors (Lipinski definition) is 4. The van der Waals surface area contributed by atoms with Crippen molar-refractivity contribution in [1.82, 2.24) is 9.97 Å². The highest BCUT2D eigenvalue weighted by molar-refractivity contribution is 9.10. The molecule has 1 aromatic carbocycles. The van der Waals surface area contributed by atoms with Crippen LogP contribution in [0.5, 0.6) is 0 Å². The van der Waals surface area contributed by atoms with Crippen LogP contribution in [0.25, 0.3) is 0 Å². The third-order valence-electron chi connectivity index (χ3n) is 2.01. The smallest absolute Gasteiger partial charge is 0.145 e. The minimum Gasteiger partial charge on any atom is -0.369 e. The van der Waals surface area contributed by atoms with E-state index < -0.39 is 0 Å². The first kappa shape index (κ1) is 12.4. The van der Waals surface area contributed by atoms with Crippen molar-refractivity contribution in [1.29, 1.82) is 0 Å². The summed E-state index contributed by atoms with van der Waals surface area (Å²) in [7, 11) is 0. The van der Waals surface area contributed by atoms with Crippen molar-refractivity contribution in [3.63, 3.8) is 0 Å². The van der Waals surface area contributed by atoms with E-state index in [2.05, 4.69) is 43.3 Å². The van der Waals surface area contributed by atoms with Gasteiger partial charge in [0.25, 0.3) is 0 Å². The third kappa shape index (κ3) is 3.71. The molecule has 0 amide bonds. The zero-order chi connectivity index (χ0) is 12.1. The Hall–Kier alpha value is -1.07. The minimum absolute atomic E-state index is 0.814. The first-order chi connectivity index (χ1) is 8.28. The average molecular weight is 310 g/mol. The maximum Gasteiger partial charge on any atom is 0.145 e. The summed E-state index contributed by atoms with van der Waals surface area (Å²) < 4.78 is 1.08. The number of anilines is 1. The molecule has 5 heteroatoms. The largest absolute Gasteiger partial charge is 0.369 e. The number of nitrogens with zero attached hydrogens (tertiary/aromatic N) is 2. The van der Waals surface area contributed by atoms with E-state index in [9.17, 15) is 0 Å². The van der Waals surface area contributed by atoms with E-state index in [0.717, 1.165) is 26.8 Å². The first-order valence-corrected chi connectivity index (χ1v) is 6.88. The zero-order valence-electron chi connectivity index (χ0n) is 9.35. The number of benzene rings is 1. The van der Waals surface area contributed by atoms with Crippen molar-refractivity contribution in [2.75, 3.05) is 11.9 Å². The quantitative estimate of drug-likeness (QED) is 0.931. The number of hydrogen-bond donors (Lipinski definition) is 1. The predicted molar refractivity (Wildman–Crippen MR) is 74.5 cm³/mol. The van der Waals surface area contributed by atoms with Crippen molar-refractivity contribution in [2.24, 2.45) is 0 Å². The van der Waals surface area contributed by atoms with Gasteiger partial charge in [-0.1, -0.05) is 27.7 Å². The van der Waals surface area contributed by atoms with Gasteiger partial charge in [-0.3, -0.25) is 4.98 Å². The van der Waals surface area contributed by atoms with E-state index in [1.54, 1.807) is 24.2 Å². The fraction of sp³-hybridized carbons (Fsp3) is 0.167. The second-order valence-corrected chi connectivity index (χ2v) is 5.34. The summed E-state index contributed by atoms with van der Waals surface area (Å²) in [6.07, 6.45) is 3.50. The Bertz CT molecular complexity index is 487. The second-order valence-electron chi connectivity index (χ2n) is 3.33. The Balaban J connectivity index is 2.12. The van der Waals surface area contributed by atoms with Gasteiger partial charge in [0.05, 0.1) is 12.4 Å². The highest BCUT2D eigenvalue weighted by Gasteiger charge is 2.01. The molecule has 0 fully saturated rings. The number of nitrogens with one attached hydrogen (secondary N) is 1. The van der Waals surface area contributed by atoms with Crippen LogP contribution in [0.1, 0.15) is 6.92 Å². The Morgan fingerprint density at radius 2 is 2.00 bits per heavy atom. The predicted octanol–water partition coefficient (Wildman–Crippen LogP) is 3.82. The lowest BCUT2D eigenvalue weighted by Crippen LogP contribution is -2.00. The Labute approximate surface area is 113 Å². The molecule has 0 saturated heterocycles. The molecule has 1 N–H and O–H groups in total. The summed E-state index contributed by atoms with van der Waals surface area (Å²) >= 11 is 5.02. The molecular formula is C12H12BrN3S. The maximum absolute atomic E-state index is 4.46. The number of halogens is 1. The van der Waals surface area contributed by atoms with Crippen molar-refractivity contribution in [3.05, 3.63) is 41.1 Å². The van der Waals surface area contributed by atoms with Gasteiger partial charge in [0.2, 0.25) is 0 Å². The van der Waals surface area contributed by atoms with Crippen LogP contribution in [0.15, 0.2) is 51.1 Å². The van der Waals surface area contributed by atoms with Crippen LogP contribution < -0.4 is 5.32 Å². The summed E-state index contributed by atoms with van der Waals surface area (Å²) in [6, 6.07) is 8.14. The van der Waals surface area contributed by atoms with Gasteiger partial charge in [-0.25, -0.2) is 4.98 Å². The van der Waals surface area contributed by atoms with E-state index in [1.165, 1.54) is 0 Å². The molecule has 2 rings (SSSR count). The molecule has 0 aliphatic rings. The van der Waals surface area contributed by atoms with Gasteiger partial charge >= 0.3 is 0 Å². The highest BCUT2D eigenvalue weighted by atomic mass is 79.9. The summed E-state index contributed by atoms with van der Waals surface area (Å²) in [6.45, 7) is 2.89. The van der Waals surface area contributed by atoms with Crippen LogP contribution >= 0.6 is 27.7 Å². The molecule has 0 unspecified atom stereocenters. The molecule has 0 atom stereocenters. The average Bonchev–Trinajstić information content (AvgIpc) is 2.33. The lowest BCUT2D eigenvalue weighted by atomic mass is 10.4. The molecule has 0 bridgehead atoms. The number of aromatic nitrogens is 2. The zero-order valence-corrected chi connectivity index (χ0v) is 11.8. The highest BCUT2D eigenvalue weighted by Crippen LogP contribution is 2.27. The van der Waals surface area contributed by atoms with Gasteiger partial charge < -0.3 is 5.32 Å². The minimum atomic E-state index is 0.814. The summed E-state index contributed by atoms with van der Waals surface area (Å²) in [5, 5.41) is 4.04. The van der Waals surface area contributed by atoms with Crippen LogP contribution in [-0.4, -0.2) is 16.5 Å². The molecule has 0 spiro atoms. The molecule has 0 aliphatic heterocycles. The SMILES string of the molecule is CCNc1cncc(Sc2ccc(Br)cc2)n1. The van der Waals surface area contributed by atoms with Crippen LogP contribution in [0, 0.1) is 0 Å². The second kappa shape index (κ2) is 6.02. The molecule has 0 aliphatic carbocycles. The van der Waals surface area contributed by atoms with Gasteiger partial charge in [-0.15, -0.1) is 0 Å². The summed E-state index contributed by atoms with van der Waals surface area (Å²) in [4.78, 5) is 9.77. The Morgan fingerprint density at radius 1 is 1.24 bits per heavy atom. The summed E-state index contributed by atoms with van der Waals surface area (Å²) in [5.74, 6) is 0.814. The van der Waals surface area contributed by atoms with E-state index in [1.807, 2.05) is 19.1 Å². The molecule has 17 heavy (non-hydrogen) atoms. The number of rotatable bonds is 4. The third-order valence-corrected chi connectivity index (χ3v) is 3.45. The standard InChI is InChI=1S/C12H12BrN3S/c1-2-15-11-7-14-8-12(16-11)17-10-5-3-9(13)4-6-10/h3-8H,2H2,1H3,(H,15,16). The summed E-state index contributed by atoms with van der Waals surface area (Å²) in [5.41, 5.74) is 0. The van der Waals surface area contributed by atoms with Gasteiger partial charge in [0.15, 0.2) is 0 Å². The van der Waals surface area contributed by atoms with Crippen molar-refractivity contribution >= 4 is 33.5 Å². The van der Waals surface area contributed by atoms with E-state index in [4.69, 9.17) is 0 Å².